The summed E-state index contributed by atoms with van der Waals surface area (Å²) in [6.45, 7) is 1.91. The number of halogens is 3. The number of methoxy groups -OCH3 is 2. The number of rotatable bonds is 4. The van der Waals surface area contributed by atoms with Crippen LogP contribution in [0.25, 0.3) is 0 Å². The van der Waals surface area contributed by atoms with E-state index in [0.717, 1.165) is 5.56 Å². The minimum atomic E-state index is -5.05. The second-order valence-corrected chi connectivity index (χ2v) is 6.36. The van der Waals surface area contributed by atoms with Crippen molar-refractivity contribution in [1.29, 1.82) is 0 Å². The predicted octanol–water partition coefficient (Wildman–Crippen LogP) is 4.25. The Morgan fingerprint density at radius 1 is 1.11 bits per heavy atom. The Kier molecular flexibility index (Phi) is 5.31. The number of amides is 1. The first-order valence-corrected chi connectivity index (χ1v) is 8.52. The predicted molar refractivity (Wildman–Crippen MR) is 97.5 cm³/mol. The van der Waals surface area contributed by atoms with Gasteiger partial charge in [0.1, 0.15) is 0 Å². The van der Waals surface area contributed by atoms with Gasteiger partial charge in [0.15, 0.2) is 11.5 Å². The van der Waals surface area contributed by atoms with E-state index in [9.17, 15) is 18.0 Å². The summed E-state index contributed by atoms with van der Waals surface area (Å²) in [6, 6.07) is 11.1. The van der Waals surface area contributed by atoms with E-state index in [1.54, 1.807) is 30.3 Å². The van der Waals surface area contributed by atoms with E-state index < -0.39 is 18.1 Å². The molecule has 8 heteroatoms. The number of para-hydroxylation sites is 1. The molecule has 0 bridgehead atoms. The number of alkyl halides is 3. The molecule has 0 N–H and O–H groups in total. The molecular weight excluding hydrogens is 373 g/mol. The second kappa shape index (κ2) is 7.53. The third kappa shape index (κ3) is 3.67. The van der Waals surface area contributed by atoms with Crippen molar-refractivity contribution in [3.8, 4) is 11.5 Å². The highest BCUT2D eigenvalue weighted by molar-refractivity contribution is 6.03. The van der Waals surface area contributed by atoms with E-state index in [2.05, 4.69) is 5.10 Å². The van der Waals surface area contributed by atoms with Crippen LogP contribution in [0.5, 0.6) is 11.5 Å². The van der Waals surface area contributed by atoms with Gasteiger partial charge in [-0.25, -0.2) is 5.01 Å². The minimum absolute atomic E-state index is 0.119. The standard InChI is InChI=1S/C20H19F3N2O3/c1-12-7-9-13(10-8-12)15-11-16(25(24-15)19(26)20(21,22)23)14-5-4-6-17(27-2)18(14)28-3/h4-10,16H,11H2,1-3H3/t16-/m0/s1. The highest BCUT2D eigenvalue weighted by atomic mass is 19.4. The van der Waals surface area contributed by atoms with E-state index in [4.69, 9.17) is 9.47 Å². The third-order valence-corrected chi connectivity index (χ3v) is 4.54. The highest BCUT2D eigenvalue weighted by Crippen LogP contribution is 2.42. The largest absolute Gasteiger partial charge is 0.493 e. The zero-order valence-electron chi connectivity index (χ0n) is 15.6. The van der Waals surface area contributed by atoms with E-state index in [1.165, 1.54) is 14.2 Å². The molecule has 1 amide bonds. The van der Waals surface area contributed by atoms with Crippen LogP contribution in [0.4, 0.5) is 13.2 Å². The third-order valence-electron chi connectivity index (χ3n) is 4.54. The normalized spacial score (nSPS) is 16.7. The van der Waals surface area contributed by atoms with Gasteiger partial charge in [-0.3, -0.25) is 4.79 Å². The van der Waals surface area contributed by atoms with Crippen LogP contribution in [0.2, 0.25) is 0 Å². The van der Waals surface area contributed by atoms with Crippen LogP contribution >= 0.6 is 0 Å². The molecule has 1 heterocycles. The van der Waals surface area contributed by atoms with Gasteiger partial charge in [0.05, 0.1) is 26.0 Å². The number of benzene rings is 2. The Labute approximate surface area is 160 Å². The van der Waals surface area contributed by atoms with E-state index in [-0.39, 0.29) is 12.2 Å². The van der Waals surface area contributed by atoms with Crippen molar-refractivity contribution >= 4 is 11.6 Å². The summed E-state index contributed by atoms with van der Waals surface area (Å²) < 4.78 is 50.1. The molecule has 0 spiro atoms. The first-order valence-electron chi connectivity index (χ1n) is 8.52. The minimum Gasteiger partial charge on any atom is -0.493 e. The fourth-order valence-electron chi connectivity index (χ4n) is 3.16. The zero-order valence-corrected chi connectivity index (χ0v) is 15.6. The summed E-state index contributed by atoms with van der Waals surface area (Å²) in [5.41, 5.74) is 2.46. The topological polar surface area (TPSA) is 51.1 Å². The molecule has 5 nitrogen and oxygen atoms in total. The lowest BCUT2D eigenvalue weighted by atomic mass is 9.97. The molecule has 1 aliphatic rings. The van der Waals surface area contributed by atoms with Crippen molar-refractivity contribution < 1.29 is 27.4 Å². The maximum Gasteiger partial charge on any atom is 0.473 e. The number of aryl methyl sites for hydroxylation is 1. The van der Waals surface area contributed by atoms with Crippen molar-refractivity contribution in [2.24, 2.45) is 5.10 Å². The maximum absolute atomic E-state index is 13.2. The summed E-state index contributed by atoms with van der Waals surface area (Å²) in [6.07, 6.45) is -4.93. The van der Waals surface area contributed by atoms with Gasteiger partial charge in [-0.15, -0.1) is 0 Å². The molecule has 2 aromatic carbocycles. The van der Waals surface area contributed by atoms with Gasteiger partial charge in [-0.05, 0) is 18.6 Å². The van der Waals surface area contributed by atoms with Gasteiger partial charge < -0.3 is 9.47 Å². The van der Waals surface area contributed by atoms with Gasteiger partial charge in [-0.1, -0.05) is 42.0 Å². The molecule has 0 aromatic heterocycles. The Balaban J connectivity index is 2.07. The lowest BCUT2D eigenvalue weighted by Crippen LogP contribution is -2.38. The molecule has 28 heavy (non-hydrogen) atoms. The number of hydrogen-bond donors (Lipinski definition) is 0. The van der Waals surface area contributed by atoms with E-state index in [1.807, 2.05) is 19.1 Å². The van der Waals surface area contributed by atoms with Gasteiger partial charge in [0.25, 0.3) is 0 Å². The van der Waals surface area contributed by atoms with Crippen molar-refractivity contribution in [2.45, 2.75) is 25.6 Å². The quantitative estimate of drug-likeness (QED) is 0.782. The van der Waals surface area contributed by atoms with Gasteiger partial charge in [0, 0.05) is 12.0 Å². The van der Waals surface area contributed by atoms with Crippen molar-refractivity contribution in [3.05, 3.63) is 59.2 Å². The molecule has 1 aliphatic heterocycles. The van der Waals surface area contributed by atoms with Crippen LogP contribution in [0.1, 0.15) is 29.2 Å². The van der Waals surface area contributed by atoms with Crippen molar-refractivity contribution in [1.82, 2.24) is 5.01 Å². The molecular formula is C20H19F3N2O3. The average Bonchev–Trinajstić information content (AvgIpc) is 3.11. The Hall–Kier alpha value is -3.03. The lowest BCUT2D eigenvalue weighted by molar-refractivity contribution is -0.187. The smallest absolute Gasteiger partial charge is 0.473 e. The second-order valence-electron chi connectivity index (χ2n) is 6.36. The number of carbonyl (C=O) groups excluding carboxylic acids is 1. The molecule has 148 valence electrons. The summed E-state index contributed by atoms with van der Waals surface area (Å²) >= 11 is 0. The van der Waals surface area contributed by atoms with Crippen molar-refractivity contribution in [3.63, 3.8) is 0 Å². The van der Waals surface area contributed by atoms with Crippen LogP contribution in [0, 0.1) is 6.92 Å². The van der Waals surface area contributed by atoms with Crippen LogP contribution in [0.15, 0.2) is 47.6 Å². The summed E-state index contributed by atoms with van der Waals surface area (Å²) in [5.74, 6) is -1.39. The molecule has 0 radical (unpaired) electrons. The summed E-state index contributed by atoms with van der Waals surface area (Å²) in [7, 11) is 2.83. The van der Waals surface area contributed by atoms with Crippen LogP contribution < -0.4 is 9.47 Å². The van der Waals surface area contributed by atoms with Crippen LogP contribution in [-0.2, 0) is 4.79 Å². The van der Waals surface area contributed by atoms with E-state index >= 15 is 0 Å². The maximum atomic E-state index is 13.2. The fourth-order valence-corrected chi connectivity index (χ4v) is 3.16. The fraction of sp³-hybridized carbons (Fsp3) is 0.300. The van der Waals surface area contributed by atoms with Crippen molar-refractivity contribution in [2.75, 3.05) is 14.2 Å². The Morgan fingerprint density at radius 2 is 1.79 bits per heavy atom. The number of hydrazone groups is 1. The molecule has 1 atom stereocenters. The zero-order chi connectivity index (χ0) is 20.5. The number of carbonyl (C=O) groups is 1. The summed E-state index contributed by atoms with van der Waals surface area (Å²) in [4.78, 5) is 12.1. The molecule has 2 aromatic rings. The molecule has 0 unspecified atom stereocenters. The summed E-state index contributed by atoms with van der Waals surface area (Å²) in [5, 5.41) is 4.52. The van der Waals surface area contributed by atoms with Crippen LogP contribution in [-0.4, -0.2) is 37.0 Å². The molecule has 0 fully saturated rings. The molecule has 0 saturated carbocycles. The SMILES string of the molecule is COc1cccc([C@@H]2CC(c3ccc(C)cc3)=NN2C(=O)C(F)(F)F)c1OC. The average molecular weight is 392 g/mol. The number of nitrogens with zero attached hydrogens (tertiary/aromatic N) is 2. The monoisotopic (exact) mass is 392 g/mol. The van der Waals surface area contributed by atoms with Gasteiger partial charge in [0.2, 0.25) is 0 Å². The highest BCUT2D eigenvalue weighted by Gasteiger charge is 2.48. The Morgan fingerprint density at radius 3 is 2.36 bits per heavy atom. The Bertz CT molecular complexity index is 908. The van der Waals surface area contributed by atoms with Gasteiger partial charge in [-0.2, -0.15) is 18.3 Å². The first-order chi connectivity index (χ1) is 13.3. The number of hydrogen-bond acceptors (Lipinski definition) is 4. The first kappa shape index (κ1) is 19.7. The van der Waals surface area contributed by atoms with Crippen LogP contribution in [0.3, 0.4) is 0 Å². The molecule has 0 saturated heterocycles. The lowest BCUT2D eigenvalue weighted by Gasteiger charge is -2.25. The number of ether oxygens (including phenoxy) is 2. The molecule has 0 aliphatic carbocycles. The molecule has 3 rings (SSSR count). The van der Waals surface area contributed by atoms with Gasteiger partial charge >= 0.3 is 12.1 Å². The van der Waals surface area contributed by atoms with E-state index in [0.29, 0.717) is 27.6 Å².